The quantitative estimate of drug-likeness (QED) is 0.657. The van der Waals surface area contributed by atoms with Gasteiger partial charge >= 0.3 is 5.69 Å². The predicted molar refractivity (Wildman–Crippen MR) is 92.1 cm³/mol. The van der Waals surface area contributed by atoms with Gasteiger partial charge in [-0.3, -0.25) is 25.7 Å². The maximum absolute atomic E-state index is 11.1. The van der Waals surface area contributed by atoms with Crippen LogP contribution in [0.1, 0.15) is 27.2 Å². The summed E-state index contributed by atoms with van der Waals surface area (Å²) >= 11 is 0. The van der Waals surface area contributed by atoms with Crippen molar-refractivity contribution in [1.82, 2.24) is 0 Å². The maximum atomic E-state index is 11.1. The molecule has 24 heavy (non-hydrogen) atoms. The van der Waals surface area contributed by atoms with Gasteiger partial charge in [-0.05, 0) is 24.0 Å². The average Bonchev–Trinajstić information content (AvgIpc) is 2.62. The third kappa shape index (κ3) is 4.03. The van der Waals surface area contributed by atoms with E-state index in [1.807, 2.05) is 19.1 Å². The Hall–Kier alpha value is -3.03. The fraction of sp³-hybridized carbons (Fsp3) is 0.312. The molecule has 0 heterocycles. The Morgan fingerprint density at radius 3 is 2.54 bits per heavy atom. The summed E-state index contributed by atoms with van der Waals surface area (Å²) in [6, 6.07) is 3.42. The Balaban J connectivity index is 2.34. The lowest BCUT2D eigenvalue weighted by atomic mass is 9.87. The van der Waals surface area contributed by atoms with Crippen molar-refractivity contribution in [3.05, 3.63) is 62.2 Å². The lowest BCUT2D eigenvalue weighted by Crippen LogP contribution is -2.15. The topological polar surface area (TPSA) is 111 Å². The van der Waals surface area contributed by atoms with Gasteiger partial charge in [-0.1, -0.05) is 32.1 Å². The van der Waals surface area contributed by atoms with Crippen LogP contribution < -0.4 is 5.43 Å². The average molecular weight is 330 g/mol. The molecule has 0 saturated carbocycles. The van der Waals surface area contributed by atoms with Gasteiger partial charge in [0.15, 0.2) is 0 Å². The lowest BCUT2D eigenvalue weighted by molar-refractivity contribution is -0.393. The third-order valence-electron chi connectivity index (χ3n) is 3.67. The smallest absolute Gasteiger partial charge is 0.271 e. The second-order valence-electron chi connectivity index (χ2n) is 6.26. The van der Waals surface area contributed by atoms with Crippen molar-refractivity contribution in [1.29, 1.82) is 0 Å². The summed E-state index contributed by atoms with van der Waals surface area (Å²) in [5.74, 6) is 0. The largest absolute Gasteiger partial charge is 0.301 e. The van der Waals surface area contributed by atoms with Crippen LogP contribution in [0.2, 0.25) is 0 Å². The number of nitro groups is 2. The molecule has 0 spiro atoms. The van der Waals surface area contributed by atoms with Crippen LogP contribution in [-0.4, -0.2) is 15.6 Å². The molecule has 1 N–H and O–H groups in total. The van der Waals surface area contributed by atoms with Crippen LogP contribution in [0.3, 0.4) is 0 Å². The van der Waals surface area contributed by atoms with Gasteiger partial charge in [0.2, 0.25) is 0 Å². The zero-order valence-corrected chi connectivity index (χ0v) is 13.6. The molecule has 0 fully saturated rings. The van der Waals surface area contributed by atoms with E-state index in [1.165, 1.54) is 12.1 Å². The molecule has 0 saturated heterocycles. The van der Waals surface area contributed by atoms with E-state index in [9.17, 15) is 20.2 Å². The van der Waals surface area contributed by atoms with Crippen LogP contribution in [0.5, 0.6) is 0 Å². The van der Waals surface area contributed by atoms with E-state index in [1.54, 1.807) is 0 Å². The number of hydrogen-bond donors (Lipinski definition) is 1. The Morgan fingerprint density at radius 1 is 1.21 bits per heavy atom. The Labute approximate surface area is 138 Å². The minimum Gasteiger partial charge on any atom is -0.271 e. The van der Waals surface area contributed by atoms with Gasteiger partial charge in [-0.2, -0.15) is 5.10 Å². The van der Waals surface area contributed by atoms with Crippen LogP contribution in [0.15, 0.2) is 47.1 Å². The third-order valence-corrected chi connectivity index (χ3v) is 3.67. The van der Waals surface area contributed by atoms with Crippen molar-refractivity contribution in [2.45, 2.75) is 27.2 Å². The first-order valence-corrected chi connectivity index (χ1v) is 7.31. The predicted octanol–water partition coefficient (Wildman–Crippen LogP) is 4.20. The molecule has 1 aliphatic rings. The minimum absolute atomic E-state index is 0.0871. The highest BCUT2D eigenvalue weighted by atomic mass is 16.6. The van der Waals surface area contributed by atoms with Gasteiger partial charge < -0.3 is 0 Å². The van der Waals surface area contributed by atoms with Crippen molar-refractivity contribution >= 4 is 22.8 Å². The number of anilines is 1. The molecule has 0 atom stereocenters. The lowest BCUT2D eigenvalue weighted by Gasteiger charge is -2.19. The number of benzene rings is 1. The molecule has 0 amide bonds. The molecule has 1 aromatic carbocycles. The molecular weight excluding hydrogens is 312 g/mol. The number of allylic oxidation sites excluding steroid dienone is 4. The van der Waals surface area contributed by atoms with Gasteiger partial charge in [0.05, 0.1) is 21.6 Å². The summed E-state index contributed by atoms with van der Waals surface area (Å²) in [5.41, 5.74) is 3.71. The van der Waals surface area contributed by atoms with Crippen LogP contribution in [0.4, 0.5) is 17.1 Å². The Morgan fingerprint density at radius 2 is 1.92 bits per heavy atom. The van der Waals surface area contributed by atoms with Crippen molar-refractivity contribution < 1.29 is 9.85 Å². The highest BCUT2D eigenvalue weighted by Crippen LogP contribution is 2.30. The number of nitrogens with zero attached hydrogens (tertiary/aromatic N) is 3. The summed E-state index contributed by atoms with van der Waals surface area (Å²) in [7, 11) is 0. The first-order valence-electron chi connectivity index (χ1n) is 7.31. The zero-order chi connectivity index (χ0) is 17.9. The minimum atomic E-state index is -0.672. The molecule has 8 nitrogen and oxygen atoms in total. The SMILES string of the molecule is CC1=CC=CC(C)(C)C/C1=N\Nc1ccc([N+](=O)[O-])cc1[N+](=O)[O-]. The Bertz CT molecular complexity index is 778. The molecule has 0 bridgehead atoms. The van der Waals surface area contributed by atoms with E-state index in [2.05, 4.69) is 30.5 Å². The summed E-state index contributed by atoms with van der Waals surface area (Å²) in [4.78, 5) is 20.6. The number of rotatable bonds is 4. The summed E-state index contributed by atoms with van der Waals surface area (Å²) in [6.45, 7) is 6.05. The second kappa shape index (κ2) is 6.61. The molecule has 0 radical (unpaired) electrons. The summed E-state index contributed by atoms with van der Waals surface area (Å²) in [5, 5.41) is 26.2. The zero-order valence-electron chi connectivity index (χ0n) is 13.6. The normalized spacial score (nSPS) is 18.0. The molecule has 2 rings (SSSR count). The van der Waals surface area contributed by atoms with Gasteiger partial charge in [-0.15, -0.1) is 0 Å². The fourth-order valence-electron chi connectivity index (χ4n) is 2.31. The number of nitrogens with one attached hydrogen (secondary N) is 1. The van der Waals surface area contributed by atoms with Crippen molar-refractivity contribution in [3.63, 3.8) is 0 Å². The van der Waals surface area contributed by atoms with E-state index in [-0.39, 0.29) is 22.5 Å². The van der Waals surface area contributed by atoms with Crippen LogP contribution in [0, 0.1) is 25.6 Å². The summed E-state index contributed by atoms with van der Waals surface area (Å²) in [6.07, 6.45) is 6.64. The number of nitro benzene ring substituents is 2. The highest BCUT2D eigenvalue weighted by Gasteiger charge is 2.22. The number of hydrazone groups is 1. The molecule has 1 aliphatic carbocycles. The molecule has 0 aliphatic heterocycles. The van der Waals surface area contributed by atoms with E-state index < -0.39 is 9.85 Å². The van der Waals surface area contributed by atoms with E-state index in [0.29, 0.717) is 6.42 Å². The van der Waals surface area contributed by atoms with Gasteiger partial charge in [-0.25, -0.2) is 0 Å². The fourth-order valence-corrected chi connectivity index (χ4v) is 2.31. The van der Waals surface area contributed by atoms with Crippen LogP contribution in [0.25, 0.3) is 0 Å². The van der Waals surface area contributed by atoms with Gasteiger partial charge in [0.25, 0.3) is 5.69 Å². The molecule has 1 aromatic rings. The summed E-state index contributed by atoms with van der Waals surface area (Å²) < 4.78 is 0. The monoisotopic (exact) mass is 330 g/mol. The molecule has 8 heteroatoms. The van der Waals surface area contributed by atoms with Crippen molar-refractivity contribution in [2.75, 3.05) is 5.43 Å². The first kappa shape index (κ1) is 17.3. The second-order valence-corrected chi connectivity index (χ2v) is 6.26. The highest BCUT2D eigenvalue weighted by molar-refractivity contribution is 6.01. The molecular formula is C16H18N4O4. The molecule has 0 aromatic heterocycles. The number of non-ortho nitro benzene ring substituents is 1. The van der Waals surface area contributed by atoms with Crippen LogP contribution >= 0.6 is 0 Å². The van der Waals surface area contributed by atoms with Crippen LogP contribution in [-0.2, 0) is 0 Å². The van der Waals surface area contributed by atoms with E-state index >= 15 is 0 Å². The van der Waals surface area contributed by atoms with Crippen molar-refractivity contribution in [3.8, 4) is 0 Å². The number of hydrogen-bond acceptors (Lipinski definition) is 6. The molecule has 126 valence electrons. The van der Waals surface area contributed by atoms with Gasteiger partial charge in [0, 0.05) is 12.5 Å². The van der Waals surface area contributed by atoms with E-state index in [4.69, 9.17) is 0 Å². The Kier molecular flexibility index (Phi) is 4.77. The standard InChI is InChI=1S/C16H18N4O4/c1-11-5-4-8-16(2,3)10-14(11)18-17-13-7-6-12(19(21)22)9-15(13)20(23)24/h4-9,17H,10H2,1-3H3/b18-14+. The van der Waals surface area contributed by atoms with Gasteiger partial charge in [0.1, 0.15) is 5.69 Å². The first-order chi connectivity index (χ1) is 11.2. The van der Waals surface area contributed by atoms with E-state index in [0.717, 1.165) is 17.4 Å². The molecule has 0 unspecified atom stereocenters. The van der Waals surface area contributed by atoms with Crippen molar-refractivity contribution in [2.24, 2.45) is 10.5 Å². The maximum Gasteiger partial charge on any atom is 0.301 e.